The van der Waals surface area contributed by atoms with E-state index < -0.39 is 33.5 Å². The Kier molecular flexibility index (Phi) is 4.53. The number of unbranched alkanes of at least 4 members (excludes halogenated alkanes) is 1. The summed E-state index contributed by atoms with van der Waals surface area (Å²) >= 11 is 0. The van der Waals surface area contributed by atoms with Crippen molar-refractivity contribution in [3.05, 3.63) is 48.8 Å². The smallest absolute Gasteiger partial charge is 0.316 e. The number of halogens is 1. The number of carboxylic acids is 1. The number of aromatic amines is 1. The molecule has 1 aromatic heterocycles. The number of hydrogen-bond donors (Lipinski definition) is 1. The number of hydrogen-bond acceptors (Lipinski definition) is 6. The van der Waals surface area contributed by atoms with Crippen molar-refractivity contribution in [1.82, 2.24) is 9.55 Å². The highest BCUT2D eigenvalue weighted by Crippen LogP contribution is 2.22. The molecule has 2 aromatic rings. The molecule has 0 aliphatic heterocycles. The number of carboxylic acid groups (broad SMARTS) is 1. The minimum atomic E-state index is -1.24. The number of aromatic nitrogens is 2. The molecule has 0 saturated carbocycles. The number of nitrogens with zero attached hydrogens (tertiary/aromatic N) is 2. The highest BCUT2D eigenvalue weighted by Gasteiger charge is 2.18. The zero-order valence-electron chi connectivity index (χ0n) is 11.7. The van der Waals surface area contributed by atoms with Crippen molar-refractivity contribution in [3.8, 4) is 0 Å². The molecule has 9 nitrogen and oxygen atoms in total. The monoisotopic (exact) mass is 324 g/mol. The van der Waals surface area contributed by atoms with Crippen LogP contribution in [0, 0.1) is 15.9 Å². The van der Waals surface area contributed by atoms with Gasteiger partial charge in [-0.1, -0.05) is 0 Å². The second-order valence-corrected chi connectivity index (χ2v) is 4.82. The average Bonchev–Trinajstić information content (AvgIpc) is 2.46. The molecule has 0 radical (unpaired) electrons. The first-order chi connectivity index (χ1) is 10.8. The van der Waals surface area contributed by atoms with Gasteiger partial charge in [-0.25, -0.2) is 0 Å². The second-order valence-electron chi connectivity index (χ2n) is 4.82. The Hall–Kier alpha value is -3.04. The minimum absolute atomic E-state index is 0.00819. The Morgan fingerprint density at radius 3 is 2.61 bits per heavy atom. The third-order valence-corrected chi connectivity index (χ3v) is 3.25. The van der Waals surface area contributed by atoms with Gasteiger partial charge < -0.3 is 19.5 Å². The van der Waals surface area contributed by atoms with Crippen molar-refractivity contribution >= 4 is 22.7 Å². The van der Waals surface area contributed by atoms with Crippen LogP contribution in [-0.2, 0) is 11.3 Å². The molecule has 0 spiro atoms. The van der Waals surface area contributed by atoms with E-state index in [1.165, 1.54) is 0 Å². The summed E-state index contributed by atoms with van der Waals surface area (Å²) in [4.78, 5) is 45.8. The fourth-order valence-corrected chi connectivity index (χ4v) is 2.18. The molecular formula is C13H11FN3O6-. The van der Waals surface area contributed by atoms with Gasteiger partial charge in [-0.05, 0) is 19.3 Å². The lowest BCUT2D eigenvalue weighted by molar-refractivity contribution is -0.387. The SMILES string of the molecule is O=C([O-])CCCCn1c(=O)c(=O)[nH]c2cc([N+](=O)[O-])c(F)cc21. The van der Waals surface area contributed by atoms with Gasteiger partial charge in [0.15, 0.2) is 0 Å². The maximum atomic E-state index is 13.7. The minimum Gasteiger partial charge on any atom is -0.550 e. The van der Waals surface area contributed by atoms with Crippen LogP contribution in [0.3, 0.4) is 0 Å². The summed E-state index contributed by atoms with van der Waals surface area (Å²) in [6.07, 6.45) is 0.235. The lowest BCUT2D eigenvalue weighted by atomic mass is 10.2. The van der Waals surface area contributed by atoms with Crippen LogP contribution in [0.1, 0.15) is 19.3 Å². The summed E-state index contributed by atoms with van der Waals surface area (Å²) in [7, 11) is 0. The van der Waals surface area contributed by atoms with Crippen molar-refractivity contribution in [3.63, 3.8) is 0 Å². The van der Waals surface area contributed by atoms with Crippen molar-refractivity contribution in [1.29, 1.82) is 0 Å². The number of aryl methyl sites for hydroxylation is 1. The number of rotatable bonds is 6. The maximum Gasteiger partial charge on any atom is 0.316 e. The molecule has 0 fully saturated rings. The van der Waals surface area contributed by atoms with E-state index in [9.17, 15) is 34.0 Å². The van der Waals surface area contributed by atoms with E-state index in [0.717, 1.165) is 16.7 Å². The molecule has 23 heavy (non-hydrogen) atoms. The summed E-state index contributed by atoms with van der Waals surface area (Å²) < 4.78 is 14.7. The number of benzene rings is 1. The predicted octanol–water partition coefficient (Wildman–Crippen LogP) is -0.343. The van der Waals surface area contributed by atoms with Gasteiger partial charge in [0.25, 0.3) is 0 Å². The third-order valence-electron chi connectivity index (χ3n) is 3.25. The summed E-state index contributed by atoms with van der Waals surface area (Å²) in [6.45, 7) is -0.0240. The van der Waals surface area contributed by atoms with Gasteiger partial charge >= 0.3 is 16.8 Å². The standard InChI is InChI=1S/C13H12FN3O6/c14-7-5-10-8(6-9(7)17(22)23)15-12(20)13(21)16(10)4-2-1-3-11(18)19/h5-6H,1-4H2,(H,15,20)(H,18,19)/p-1. The zero-order valence-corrected chi connectivity index (χ0v) is 11.7. The number of nitrogens with one attached hydrogen (secondary N) is 1. The van der Waals surface area contributed by atoms with E-state index in [0.29, 0.717) is 0 Å². The summed E-state index contributed by atoms with van der Waals surface area (Å²) in [5.74, 6) is -2.38. The molecular weight excluding hydrogens is 313 g/mol. The second kappa shape index (κ2) is 6.38. The highest BCUT2D eigenvalue weighted by atomic mass is 19.1. The molecule has 0 bridgehead atoms. The van der Waals surface area contributed by atoms with E-state index in [4.69, 9.17) is 0 Å². The lowest BCUT2D eigenvalue weighted by Gasteiger charge is -2.10. The number of fused-ring (bicyclic) bond motifs is 1. The molecule has 0 saturated heterocycles. The fraction of sp³-hybridized carbons (Fsp3) is 0.308. The maximum absolute atomic E-state index is 13.7. The van der Waals surface area contributed by atoms with E-state index >= 15 is 0 Å². The van der Waals surface area contributed by atoms with Crippen LogP contribution < -0.4 is 16.2 Å². The molecule has 122 valence electrons. The molecule has 10 heteroatoms. The quantitative estimate of drug-likeness (QED) is 0.334. The topological polar surface area (TPSA) is 138 Å². The zero-order chi connectivity index (χ0) is 17.1. The fourth-order valence-electron chi connectivity index (χ4n) is 2.18. The van der Waals surface area contributed by atoms with Crippen LogP contribution in [0.5, 0.6) is 0 Å². The third kappa shape index (κ3) is 3.42. The van der Waals surface area contributed by atoms with E-state index in [1.807, 2.05) is 0 Å². The first-order valence-corrected chi connectivity index (χ1v) is 6.62. The van der Waals surface area contributed by atoms with Gasteiger partial charge in [0, 0.05) is 24.6 Å². The van der Waals surface area contributed by atoms with Gasteiger partial charge in [-0.3, -0.25) is 19.7 Å². The highest BCUT2D eigenvalue weighted by molar-refractivity contribution is 5.77. The van der Waals surface area contributed by atoms with Gasteiger partial charge in [0.2, 0.25) is 5.82 Å². The first kappa shape index (κ1) is 16.3. The normalized spacial score (nSPS) is 10.8. The summed E-state index contributed by atoms with van der Waals surface area (Å²) in [5.41, 5.74) is -2.83. The van der Waals surface area contributed by atoms with Crippen LogP contribution >= 0.6 is 0 Å². The summed E-state index contributed by atoms with van der Waals surface area (Å²) in [6, 6.07) is 1.63. The van der Waals surface area contributed by atoms with Crippen molar-refractivity contribution in [2.45, 2.75) is 25.8 Å². The van der Waals surface area contributed by atoms with E-state index in [-0.39, 0.29) is 36.8 Å². The molecule has 1 heterocycles. The van der Waals surface area contributed by atoms with Gasteiger partial charge in [0.1, 0.15) is 0 Å². The van der Waals surface area contributed by atoms with Crippen LogP contribution in [0.2, 0.25) is 0 Å². The van der Waals surface area contributed by atoms with Crippen LogP contribution in [0.25, 0.3) is 11.0 Å². The Morgan fingerprint density at radius 1 is 1.30 bits per heavy atom. The number of carbonyl (C=O) groups is 1. The Labute approximate surface area is 127 Å². The number of nitro benzene ring substituents is 1. The van der Waals surface area contributed by atoms with Crippen LogP contribution in [0.4, 0.5) is 10.1 Å². The summed E-state index contributed by atoms with van der Waals surface area (Å²) in [5, 5.41) is 21.1. The molecule has 0 unspecified atom stereocenters. The number of H-pyrrole nitrogens is 1. The van der Waals surface area contributed by atoms with Gasteiger partial charge in [-0.15, -0.1) is 0 Å². The van der Waals surface area contributed by atoms with Gasteiger partial charge in [-0.2, -0.15) is 4.39 Å². The predicted molar refractivity (Wildman–Crippen MR) is 74.3 cm³/mol. The Morgan fingerprint density at radius 2 is 2.00 bits per heavy atom. The lowest BCUT2D eigenvalue weighted by Crippen LogP contribution is -2.36. The first-order valence-electron chi connectivity index (χ1n) is 6.62. The number of nitro groups is 1. The van der Waals surface area contributed by atoms with Crippen LogP contribution in [-0.4, -0.2) is 20.4 Å². The molecule has 2 rings (SSSR count). The Bertz CT molecular complexity index is 901. The van der Waals surface area contributed by atoms with Crippen molar-refractivity contribution < 1.29 is 19.2 Å². The van der Waals surface area contributed by atoms with E-state index in [2.05, 4.69) is 4.98 Å². The van der Waals surface area contributed by atoms with Crippen molar-refractivity contribution in [2.75, 3.05) is 0 Å². The number of aliphatic carboxylic acids is 1. The van der Waals surface area contributed by atoms with Crippen LogP contribution in [0.15, 0.2) is 21.7 Å². The molecule has 0 amide bonds. The average molecular weight is 324 g/mol. The molecule has 0 aliphatic rings. The van der Waals surface area contributed by atoms with Crippen molar-refractivity contribution in [2.24, 2.45) is 0 Å². The number of carbonyl (C=O) groups excluding carboxylic acids is 1. The molecule has 1 aromatic carbocycles. The molecule has 0 atom stereocenters. The largest absolute Gasteiger partial charge is 0.550 e. The molecule has 1 N–H and O–H groups in total. The van der Waals surface area contributed by atoms with E-state index in [1.54, 1.807) is 0 Å². The van der Waals surface area contributed by atoms with Gasteiger partial charge in [0.05, 0.1) is 16.0 Å². The Balaban J connectivity index is 2.50. The molecule has 0 aliphatic carbocycles.